The van der Waals surface area contributed by atoms with E-state index in [1.807, 2.05) is 11.3 Å². The first-order valence-corrected chi connectivity index (χ1v) is 7.62. The second-order valence-electron chi connectivity index (χ2n) is 5.68. The summed E-state index contributed by atoms with van der Waals surface area (Å²) in [5.74, 6) is 0.103. The summed E-state index contributed by atoms with van der Waals surface area (Å²) in [6.45, 7) is 0.673. The van der Waals surface area contributed by atoms with Crippen molar-refractivity contribution < 1.29 is 4.79 Å². The second-order valence-corrected chi connectivity index (χ2v) is 6.91. The molecule has 1 amide bonds. The third kappa shape index (κ3) is 2.45. The second kappa shape index (κ2) is 4.67. The molecule has 0 atom stereocenters. The monoisotopic (exact) mass is 264 g/mol. The van der Waals surface area contributed by atoms with Crippen molar-refractivity contribution in [2.24, 2.45) is 5.73 Å². The van der Waals surface area contributed by atoms with Gasteiger partial charge >= 0.3 is 0 Å². The number of aryl methyl sites for hydroxylation is 2. The standard InChI is InChI=1S/C14H20N2OS/c15-14(5-2-6-14)8-13(17)16-9-11-7-10-3-1-4-12(10)18-11/h7H,1-6,8-9,15H2,(H,16,17). The molecule has 1 aromatic heterocycles. The zero-order valence-corrected chi connectivity index (χ0v) is 11.4. The largest absolute Gasteiger partial charge is 0.351 e. The lowest BCUT2D eigenvalue weighted by atomic mass is 9.75. The van der Waals surface area contributed by atoms with E-state index in [9.17, 15) is 4.79 Å². The van der Waals surface area contributed by atoms with E-state index in [1.54, 1.807) is 0 Å². The van der Waals surface area contributed by atoms with Crippen LogP contribution in [0.25, 0.3) is 0 Å². The van der Waals surface area contributed by atoms with Gasteiger partial charge in [0.15, 0.2) is 0 Å². The fraction of sp³-hybridized carbons (Fsp3) is 0.643. The number of fused-ring (bicyclic) bond motifs is 1. The van der Waals surface area contributed by atoms with Crippen molar-refractivity contribution in [1.29, 1.82) is 0 Å². The molecular weight excluding hydrogens is 244 g/mol. The molecule has 1 aromatic rings. The normalized spacial score (nSPS) is 20.3. The third-order valence-electron chi connectivity index (χ3n) is 4.12. The van der Waals surface area contributed by atoms with Crippen LogP contribution in [-0.4, -0.2) is 11.4 Å². The summed E-state index contributed by atoms with van der Waals surface area (Å²) in [5.41, 5.74) is 7.36. The van der Waals surface area contributed by atoms with Crippen LogP contribution in [0.5, 0.6) is 0 Å². The van der Waals surface area contributed by atoms with Gasteiger partial charge in [-0.2, -0.15) is 0 Å². The smallest absolute Gasteiger partial charge is 0.222 e. The van der Waals surface area contributed by atoms with Gasteiger partial charge in [-0.3, -0.25) is 4.79 Å². The van der Waals surface area contributed by atoms with E-state index in [-0.39, 0.29) is 11.4 Å². The molecule has 3 N–H and O–H groups in total. The van der Waals surface area contributed by atoms with Gasteiger partial charge in [0, 0.05) is 21.7 Å². The predicted octanol–water partition coefficient (Wildman–Crippen LogP) is 2.12. The topological polar surface area (TPSA) is 55.1 Å². The lowest BCUT2D eigenvalue weighted by Gasteiger charge is -2.37. The van der Waals surface area contributed by atoms with E-state index in [1.165, 1.54) is 41.0 Å². The van der Waals surface area contributed by atoms with E-state index in [2.05, 4.69) is 11.4 Å². The van der Waals surface area contributed by atoms with Crippen molar-refractivity contribution in [1.82, 2.24) is 5.32 Å². The van der Waals surface area contributed by atoms with Crippen molar-refractivity contribution >= 4 is 17.2 Å². The minimum absolute atomic E-state index is 0.103. The van der Waals surface area contributed by atoms with Crippen LogP contribution in [-0.2, 0) is 24.2 Å². The van der Waals surface area contributed by atoms with Crippen LogP contribution in [0.2, 0.25) is 0 Å². The summed E-state index contributed by atoms with van der Waals surface area (Å²) in [6, 6.07) is 2.26. The lowest BCUT2D eigenvalue weighted by molar-refractivity contribution is -0.123. The average Bonchev–Trinajstić information content (AvgIpc) is 2.84. The Labute approximate surface area is 112 Å². The molecule has 4 heteroatoms. The molecule has 3 rings (SSSR count). The molecule has 0 aromatic carbocycles. The van der Waals surface area contributed by atoms with Crippen LogP contribution < -0.4 is 11.1 Å². The Hall–Kier alpha value is -0.870. The van der Waals surface area contributed by atoms with Crippen molar-refractivity contribution in [3.63, 3.8) is 0 Å². The van der Waals surface area contributed by atoms with Crippen LogP contribution in [0, 0.1) is 0 Å². The zero-order chi connectivity index (χ0) is 12.6. The molecular formula is C14H20N2OS. The number of amides is 1. The number of nitrogens with two attached hydrogens (primary N) is 1. The van der Waals surface area contributed by atoms with E-state index >= 15 is 0 Å². The molecule has 0 unspecified atom stereocenters. The Bertz CT molecular complexity index is 441. The molecule has 1 heterocycles. The number of thiophene rings is 1. The minimum Gasteiger partial charge on any atom is -0.351 e. The Kier molecular flexibility index (Phi) is 3.16. The van der Waals surface area contributed by atoms with Crippen molar-refractivity contribution in [2.45, 2.75) is 57.0 Å². The number of hydrogen-bond donors (Lipinski definition) is 2. The molecule has 18 heavy (non-hydrogen) atoms. The highest BCUT2D eigenvalue weighted by molar-refractivity contribution is 7.12. The first-order chi connectivity index (χ1) is 8.65. The Morgan fingerprint density at radius 2 is 2.22 bits per heavy atom. The third-order valence-corrected chi connectivity index (χ3v) is 5.36. The number of nitrogens with one attached hydrogen (secondary N) is 1. The van der Waals surface area contributed by atoms with Gasteiger partial charge < -0.3 is 11.1 Å². The first-order valence-electron chi connectivity index (χ1n) is 6.81. The Balaban J connectivity index is 1.49. The molecule has 1 saturated carbocycles. The Morgan fingerprint density at radius 1 is 1.39 bits per heavy atom. The minimum atomic E-state index is -0.207. The number of rotatable bonds is 4. The molecule has 0 saturated heterocycles. The van der Waals surface area contributed by atoms with Crippen molar-refractivity contribution in [2.75, 3.05) is 0 Å². The van der Waals surface area contributed by atoms with Crippen LogP contribution in [0.3, 0.4) is 0 Å². The Morgan fingerprint density at radius 3 is 2.89 bits per heavy atom. The highest BCUT2D eigenvalue weighted by Crippen LogP contribution is 2.32. The summed E-state index contributed by atoms with van der Waals surface area (Å²) in [4.78, 5) is 14.6. The predicted molar refractivity (Wildman–Crippen MR) is 73.6 cm³/mol. The fourth-order valence-corrected chi connectivity index (χ4v) is 4.05. The van der Waals surface area contributed by atoms with Crippen LogP contribution in [0.1, 0.15) is 47.4 Å². The summed E-state index contributed by atoms with van der Waals surface area (Å²) in [6.07, 6.45) is 7.37. The van der Waals surface area contributed by atoms with E-state index in [0.717, 1.165) is 12.8 Å². The average molecular weight is 264 g/mol. The summed E-state index contributed by atoms with van der Waals surface area (Å²) in [5, 5.41) is 3.00. The molecule has 0 radical (unpaired) electrons. The summed E-state index contributed by atoms with van der Waals surface area (Å²) in [7, 11) is 0. The lowest BCUT2D eigenvalue weighted by Crippen LogP contribution is -2.49. The molecule has 2 aliphatic carbocycles. The number of carbonyl (C=O) groups excluding carboxylic acids is 1. The van der Waals surface area contributed by atoms with E-state index < -0.39 is 0 Å². The molecule has 0 spiro atoms. The van der Waals surface area contributed by atoms with Crippen LogP contribution >= 0.6 is 11.3 Å². The molecule has 3 nitrogen and oxygen atoms in total. The number of hydrogen-bond acceptors (Lipinski definition) is 3. The van der Waals surface area contributed by atoms with Crippen LogP contribution in [0.15, 0.2) is 6.07 Å². The summed E-state index contributed by atoms with van der Waals surface area (Å²) < 4.78 is 0. The van der Waals surface area contributed by atoms with E-state index in [4.69, 9.17) is 5.73 Å². The summed E-state index contributed by atoms with van der Waals surface area (Å²) >= 11 is 1.86. The molecule has 98 valence electrons. The fourth-order valence-electron chi connectivity index (χ4n) is 2.85. The maximum atomic E-state index is 11.8. The van der Waals surface area contributed by atoms with Gasteiger partial charge in [0.25, 0.3) is 0 Å². The number of carbonyl (C=O) groups is 1. The molecule has 0 aliphatic heterocycles. The SMILES string of the molecule is NC1(CC(=O)NCc2cc3c(s2)CCC3)CCC1. The quantitative estimate of drug-likeness (QED) is 0.875. The zero-order valence-electron chi connectivity index (χ0n) is 10.6. The van der Waals surface area contributed by atoms with Crippen molar-refractivity contribution in [3.8, 4) is 0 Å². The molecule has 0 bridgehead atoms. The van der Waals surface area contributed by atoms with E-state index in [0.29, 0.717) is 13.0 Å². The molecule has 1 fully saturated rings. The van der Waals surface area contributed by atoms with Gasteiger partial charge in [0.2, 0.25) is 5.91 Å². The van der Waals surface area contributed by atoms with Gasteiger partial charge in [-0.15, -0.1) is 11.3 Å². The maximum Gasteiger partial charge on any atom is 0.222 e. The van der Waals surface area contributed by atoms with Gasteiger partial charge in [0.05, 0.1) is 6.54 Å². The van der Waals surface area contributed by atoms with Gasteiger partial charge in [-0.25, -0.2) is 0 Å². The van der Waals surface area contributed by atoms with Gasteiger partial charge in [-0.05, 0) is 50.2 Å². The maximum absolute atomic E-state index is 11.8. The highest BCUT2D eigenvalue weighted by atomic mass is 32.1. The van der Waals surface area contributed by atoms with Crippen molar-refractivity contribution in [3.05, 3.63) is 21.4 Å². The van der Waals surface area contributed by atoms with Gasteiger partial charge in [-0.1, -0.05) is 0 Å². The molecule has 2 aliphatic rings. The van der Waals surface area contributed by atoms with Gasteiger partial charge in [0.1, 0.15) is 0 Å². The highest BCUT2D eigenvalue weighted by Gasteiger charge is 2.34. The first kappa shape index (κ1) is 12.2. The van der Waals surface area contributed by atoms with Crippen LogP contribution in [0.4, 0.5) is 0 Å².